The Kier molecular flexibility index (Phi) is 5.73. The number of hydrogen-bond acceptors (Lipinski definition) is 4. The molecule has 0 aromatic carbocycles. The third-order valence-corrected chi connectivity index (χ3v) is 5.40. The van der Waals surface area contributed by atoms with Gasteiger partial charge in [-0.25, -0.2) is 4.79 Å². The molecule has 0 atom stereocenters. The van der Waals surface area contributed by atoms with Gasteiger partial charge in [0.1, 0.15) is 11.6 Å². The molecular weight excluding hydrogens is 346 g/mol. The molecule has 0 fully saturated rings. The lowest BCUT2D eigenvalue weighted by Crippen LogP contribution is -2.37. The van der Waals surface area contributed by atoms with E-state index in [4.69, 9.17) is 11.6 Å². The van der Waals surface area contributed by atoms with Gasteiger partial charge in [0.15, 0.2) is 0 Å². The number of carbonyl (C=O) groups excluding carboxylic acids is 1. The zero-order chi connectivity index (χ0) is 16.9. The lowest BCUT2D eigenvalue weighted by atomic mass is 10.2. The second-order valence-corrected chi connectivity index (χ2v) is 7.84. The van der Waals surface area contributed by atoms with E-state index in [2.05, 4.69) is 20.1 Å². The quantitative estimate of drug-likeness (QED) is 0.883. The molecule has 24 heavy (non-hydrogen) atoms. The largest absolute Gasteiger partial charge is 0.338 e. The van der Waals surface area contributed by atoms with Crippen molar-refractivity contribution in [2.45, 2.75) is 45.2 Å². The van der Waals surface area contributed by atoms with Crippen LogP contribution in [0.25, 0.3) is 0 Å². The van der Waals surface area contributed by atoms with E-state index in [-0.39, 0.29) is 6.03 Å². The maximum Gasteiger partial charge on any atom is 0.317 e. The van der Waals surface area contributed by atoms with Crippen LogP contribution in [-0.4, -0.2) is 39.3 Å². The van der Waals surface area contributed by atoms with Gasteiger partial charge in [-0.2, -0.15) is 0 Å². The standard InChI is InChI=1S/C16H22ClN5OS/c1-21(11-12-6-7-13(17)24-12)16(23)18-9-8-15-20-19-14-5-3-2-4-10-22(14)15/h6-7H,2-5,8-11H2,1H3,(H,18,23). The molecule has 2 aromatic heterocycles. The number of fused-ring (bicyclic) bond motifs is 1. The number of urea groups is 1. The van der Waals surface area contributed by atoms with Crippen molar-refractivity contribution in [3.05, 3.63) is 33.0 Å². The summed E-state index contributed by atoms with van der Waals surface area (Å²) in [5.74, 6) is 2.06. The molecule has 130 valence electrons. The fraction of sp³-hybridized carbons (Fsp3) is 0.562. The number of rotatable bonds is 5. The summed E-state index contributed by atoms with van der Waals surface area (Å²) in [6.45, 7) is 2.11. The van der Waals surface area contributed by atoms with E-state index in [1.165, 1.54) is 30.6 Å². The number of halogens is 1. The first kappa shape index (κ1) is 17.2. The fourth-order valence-corrected chi connectivity index (χ4v) is 4.03. The number of carbonyl (C=O) groups is 1. The number of nitrogens with one attached hydrogen (secondary N) is 1. The van der Waals surface area contributed by atoms with Gasteiger partial charge >= 0.3 is 6.03 Å². The molecule has 0 aliphatic carbocycles. The Bertz CT molecular complexity index is 698. The number of amides is 2. The van der Waals surface area contributed by atoms with Gasteiger partial charge in [0, 0.05) is 37.9 Å². The minimum absolute atomic E-state index is 0.0878. The fourth-order valence-electron chi connectivity index (χ4n) is 2.89. The molecule has 0 radical (unpaired) electrons. The van der Waals surface area contributed by atoms with Crippen molar-refractivity contribution in [2.24, 2.45) is 0 Å². The predicted octanol–water partition coefficient (Wildman–Crippen LogP) is 3.10. The van der Waals surface area contributed by atoms with Crippen LogP contribution in [0.5, 0.6) is 0 Å². The van der Waals surface area contributed by atoms with Crippen LogP contribution >= 0.6 is 22.9 Å². The van der Waals surface area contributed by atoms with Crippen LogP contribution in [-0.2, 0) is 25.9 Å². The maximum absolute atomic E-state index is 12.2. The molecule has 8 heteroatoms. The molecule has 3 heterocycles. The molecule has 0 saturated carbocycles. The highest BCUT2D eigenvalue weighted by Crippen LogP contribution is 2.22. The molecule has 2 aromatic rings. The lowest BCUT2D eigenvalue weighted by Gasteiger charge is -2.17. The minimum Gasteiger partial charge on any atom is -0.338 e. The Labute approximate surface area is 150 Å². The first-order valence-electron chi connectivity index (χ1n) is 8.27. The second kappa shape index (κ2) is 7.98. The van der Waals surface area contributed by atoms with Crippen molar-refractivity contribution in [2.75, 3.05) is 13.6 Å². The molecule has 0 spiro atoms. The smallest absolute Gasteiger partial charge is 0.317 e. The first-order valence-corrected chi connectivity index (χ1v) is 9.47. The van der Waals surface area contributed by atoms with Gasteiger partial charge < -0.3 is 14.8 Å². The average Bonchev–Trinajstić information content (AvgIpc) is 3.05. The van der Waals surface area contributed by atoms with Crippen molar-refractivity contribution < 1.29 is 4.79 Å². The summed E-state index contributed by atoms with van der Waals surface area (Å²) in [5.41, 5.74) is 0. The van der Waals surface area contributed by atoms with Crippen LogP contribution in [0.3, 0.4) is 0 Å². The number of aromatic nitrogens is 3. The maximum atomic E-state index is 12.2. The average molecular weight is 368 g/mol. The zero-order valence-electron chi connectivity index (χ0n) is 13.8. The van der Waals surface area contributed by atoms with Crippen LogP contribution in [0.4, 0.5) is 4.79 Å². The highest BCUT2D eigenvalue weighted by atomic mass is 35.5. The first-order chi connectivity index (χ1) is 11.6. The summed E-state index contributed by atoms with van der Waals surface area (Å²) in [4.78, 5) is 14.9. The van der Waals surface area contributed by atoms with Gasteiger partial charge in [-0.3, -0.25) is 0 Å². The Morgan fingerprint density at radius 1 is 1.38 bits per heavy atom. The number of thiophene rings is 1. The van der Waals surface area contributed by atoms with Crippen LogP contribution in [0.15, 0.2) is 12.1 Å². The van der Waals surface area contributed by atoms with E-state index in [0.717, 1.165) is 33.8 Å². The van der Waals surface area contributed by atoms with Gasteiger partial charge in [-0.05, 0) is 25.0 Å². The molecule has 0 unspecified atom stereocenters. The highest BCUT2D eigenvalue weighted by Gasteiger charge is 2.15. The molecule has 0 bridgehead atoms. The Morgan fingerprint density at radius 2 is 2.25 bits per heavy atom. The molecule has 1 N–H and O–H groups in total. The normalized spacial score (nSPS) is 14.1. The summed E-state index contributed by atoms with van der Waals surface area (Å²) < 4.78 is 2.96. The molecule has 3 rings (SSSR count). The van der Waals surface area contributed by atoms with Crippen molar-refractivity contribution in [3.63, 3.8) is 0 Å². The molecule has 0 saturated heterocycles. The van der Waals surface area contributed by atoms with Gasteiger partial charge in [0.05, 0.1) is 10.9 Å². The second-order valence-electron chi connectivity index (χ2n) is 6.04. The third kappa shape index (κ3) is 4.27. The molecule has 1 aliphatic heterocycles. The van der Waals surface area contributed by atoms with Crippen LogP contribution in [0.1, 0.15) is 35.8 Å². The highest BCUT2D eigenvalue weighted by molar-refractivity contribution is 7.16. The Balaban J connectivity index is 1.47. The summed E-state index contributed by atoms with van der Waals surface area (Å²) >= 11 is 7.41. The van der Waals surface area contributed by atoms with E-state index >= 15 is 0 Å². The van der Waals surface area contributed by atoms with E-state index in [0.29, 0.717) is 19.5 Å². The van der Waals surface area contributed by atoms with E-state index in [1.807, 2.05) is 12.1 Å². The molecular formula is C16H22ClN5OS. The van der Waals surface area contributed by atoms with Gasteiger partial charge in [-0.1, -0.05) is 18.0 Å². The van der Waals surface area contributed by atoms with Gasteiger partial charge in [-0.15, -0.1) is 21.5 Å². The lowest BCUT2D eigenvalue weighted by molar-refractivity contribution is 0.207. The summed E-state index contributed by atoms with van der Waals surface area (Å²) in [6, 6.07) is 3.71. The Morgan fingerprint density at radius 3 is 3.04 bits per heavy atom. The predicted molar refractivity (Wildman–Crippen MR) is 95.5 cm³/mol. The van der Waals surface area contributed by atoms with Gasteiger partial charge in [0.25, 0.3) is 0 Å². The van der Waals surface area contributed by atoms with Crippen LogP contribution < -0.4 is 5.32 Å². The van der Waals surface area contributed by atoms with E-state index in [1.54, 1.807) is 11.9 Å². The van der Waals surface area contributed by atoms with Crippen molar-refractivity contribution in [3.8, 4) is 0 Å². The molecule has 2 amide bonds. The minimum atomic E-state index is -0.0878. The summed E-state index contributed by atoms with van der Waals surface area (Å²) in [6.07, 6.45) is 5.32. The van der Waals surface area contributed by atoms with E-state index < -0.39 is 0 Å². The number of nitrogens with zero attached hydrogens (tertiary/aromatic N) is 4. The van der Waals surface area contributed by atoms with Crippen molar-refractivity contribution in [1.29, 1.82) is 0 Å². The summed E-state index contributed by atoms with van der Waals surface area (Å²) in [5, 5.41) is 11.5. The Hall–Kier alpha value is -1.60. The van der Waals surface area contributed by atoms with E-state index in [9.17, 15) is 4.79 Å². The van der Waals surface area contributed by atoms with Crippen molar-refractivity contribution >= 4 is 29.0 Å². The van der Waals surface area contributed by atoms with Gasteiger partial charge in [0.2, 0.25) is 0 Å². The monoisotopic (exact) mass is 367 g/mol. The van der Waals surface area contributed by atoms with Crippen molar-refractivity contribution in [1.82, 2.24) is 25.0 Å². The third-order valence-electron chi connectivity index (χ3n) is 4.18. The topological polar surface area (TPSA) is 63.1 Å². The molecule has 1 aliphatic rings. The zero-order valence-corrected chi connectivity index (χ0v) is 15.4. The number of aryl methyl sites for hydroxylation is 1. The summed E-state index contributed by atoms with van der Waals surface area (Å²) in [7, 11) is 1.78. The SMILES string of the molecule is CN(Cc1ccc(Cl)s1)C(=O)NCCc1nnc2n1CCCCC2. The van der Waals surface area contributed by atoms with Crippen LogP contribution in [0.2, 0.25) is 4.34 Å². The number of hydrogen-bond donors (Lipinski definition) is 1. The molecule has 6 nitrogen and oxygen atoms in total. The van der Waals surface area contributed by atoms with Crippen LogP contribution in [0, 0.1) is 0 Å².